The molecule has 0 spiro atoms. The first-order chi connectivity index (χ1) is 6.76. The minimum atomic E-state index is 0.0749. The van der Waals surface area contributed by atoms with Crippen LogP contribution in [0.5, 0.6) is 5.75 Å². The summed E-state index contributed by atoms with van der Waals surface area (Å²) in [7, 11) is 0. The highest BCUT2D eigenvalue weighted by Gasteiger charge is 2.23. The molecule has 1 aromatic carbocycles. The van der Waals surface area contributed by atoms with Crippen molar-refractivity contribution in [2.45, 2.75) is 32.7 Å². The molecule has 1 aliphatic rings. The summed E-state index contributed by atoms with van der Waals surface area (Å²) in [4.78, 5) is 0. The second-order valence-electron chi connectivity index (χ2n) is 3.79. The summed E-state index contributed by atoms with van der Waals surface area (Å²) in [5.74, 6) is 1.01. The highest BCUT2D eigenvalue weighted by molar-refractivity contribution is 5.48. The number of fused-ring (bicyclic) bond motifs is 1. The van der Waals surface area contributed by atoms with Crippen molar-refractivity contribution < 1.29 is 4.74 Å². The Bertz CT molecular complexity index is 346. The third-order valence-electron chi connectivity index (χ3n) is 2.87. The van der Waals surface area contributed by atoms with E-state index in [1.165, 1.54) is 16.7 Å². The van der Waals surface area contributed by atoms with Gasteiger partial charge in [0.05, 0.1) is 6.04 Å². The van der Waals surface area contributed by atoms with Crippen molar-refractivity contribution in [3.8, 4) is 5.75 Å². The molecule has 2 nitrogen and oxygen atoms in total. The molecular weight excluding hydrogens is 174 g/mol. The zero-order valence-corrected chi connectivity index (χ0v) is 8.84. The van der Waals surface area contributed by atoms with Crippen molar-refractivity contribution in [2.75, 3.05) is 6.61 Å². The lowest BCUT2D eigenvalue weighted by molar-refractivity contribution is 0.333. The number of aryl methyl sites for hydroxylation is 2. The second-order valence-corrected chi connectivity index (χ2v) is 3.79. The van der Waals surface area contributed by atoms with Crippen LogP contribution in [0.1, 0.15) is 36.6 Å². The van der Waals surface area contributed by atoms with Crippen LogP contribution in [0.3, 0.4) is 0 Å². The van der Waals surface area contributed by atoms with E-state index in [2.05, 4.69) is 26.0 Å². The van der Waals surface area contributed by atoms with E-state index in [-0.39, 0.29) is 6.04 Å². The largest absolute Gasteiger partial charge is 0.491 e. The van der Waals surface area contributed by atoms with Crippen LogP contribution in [0.4, 0.5) is 0 Å². The quantitative estimate of drug-likeness (QED) is 0.777. The van der Waals surface area contributed by atoms with Gasteiger partial charge in [-0.3, -0.25) is 0 Å². The van der Waals surface area contributed by atoms with E-state index >= 15 is 0 Å². The van der Waals surface area contributed by atoms with E-state index in [1.54, 1.807) is 0 Å². The predicted molar refractivity (Wildman–Crippen MR) is 57.6 cm³/mol. The monoisotopic (exact) mass is 191 g/mol. The topological polar surface area (TPSA) is 35.2 Å². The Kier molecular flexibility index (Phi) is 2.46. The van der Waals surface area contributed by atoms with Gasteiger partial charge in [0.2, 0.25) is 0 Å². The fraction of sp³-hybridized carbons (Fsp3) is 0.500. The standard InChI is InChI=1S/C12H17NO/c1-3-8-5-9(4-2)12-10(13)7-14-11(12)6-8/h5-6,10H,3-4,7,13H2,1-2H3/t10-/m1/s1. The summed E-state index contributed by atoms with van der Waals surface area (Å²) in [6.45, 7) is 4.96. The van der Waals surface area contributed by atoms with Crippen LogP contribution in [0.25, 0.3) is 0 Å². The highest BCUT2D eigenvalue weighted by Crippen LogP contribution is 2.35. The minimum absolute atomic E-state index is 0.0749. The molecule has 0 saturated carbocycles. The summed E-state index contributed by atoms with van der Waals surface area (Å²) in [5, 5.41) is 0. The van der Waals surface area contributed by atoms with E-state index in [0.29, 0.717) is 6.61 Å². The maximum atomic E-state index is 5.99. The molecule has 0 saturated heterocycles. The van der Waals surface area contributed by atoms with Crippen molar-refractivity contribution in [3.05, 3.63) is 28.8 Å². The van der Waals surface area contributed by atoms with Crippen LogP contribution in [-0.4, -0.2) is 6.61 Å². The van der Waals surface area contributed by atoms with Gasteiger partial charge in [-0.05, 0) is 30.0 Å². The summed E-state index contributed by atoms with van der Waals surface area (Å²) in [5.41, 5.74) is 9.91. The smallest absolute Gasteiger partial charge is 0.124 e. The zero-order valence-electron chi connectivity index (χ0n) is 8.84. The maximum Gasteiger partial charge on any atom is 0.124 e. The van der Waals surface area contributed by atoms with E-state index in [0.717, 1.165) is 18.6 Å². The van der Waals surface area contributed by atoms with Gasteiger partial charge in [-0.1, -0.05) is 19.9 Å². The van der Waals surface area contributed by atoms with Gasteiger partial charge in [-0.25, -0.2) is 0 Å². The van der Waals surface area contributed by atoms with Crippen LogP contribution < -0.4 is 10.5 Å². The lowest BCUT2D eigenvalue weighted by atomic mass is 9.96. The third kappa shape index (κ3) is 1.40. The van der Waals surface area contributed by atoms with Crippen LogP contribution >= 0.6 is 0 Å². The molecule has 1 heterocycles. The second kappa shape index (κ2) is 3.62. The van der Waals surface area contributed by atoms with Crippen molar-refractivity contribution >= 4 is 0 Å². The SMILES string of the molecule is CCc1cc(CC)c2c(c1)OC[C@H]2N. The molecule has 0 radical (unpaired) electrons. The van der Waals surface area contributed by atoms with Crippen molar-refractivity contribution in [3.63, 3.8) is 0 Å². The van der Waals surface area contributed by atoms with Crippen LogP contribution in [0.2, 0.25) is 0 Å². The lowest BCUT2D eigenvalue weighted by Crippen LogP contribution is -2.12. The Hall–Kier alpha value is -1.02. The van der Waals surface area contributed by atoms with E-state index in [9.17, 15) is 0 Å². The molecule has 14 heavy (non-hydrogen) atoms. The fourth-order valence-corrected chi connectivity index (χ4v) is 2.05. The van der Waals surface area contributed by atoms with Crippen molar-refractivity contribution in [2.24, 2.45) is 5.73 Å². The summed E-state index contributed by atoms with van der Waals surface area (Å²) >= 11 is 0. The van der Waals surface area contributed by atoms with Crippen LogP contribution in [0.15, 0.2) is 12.1 Å². The first kappa shape index (κ1) is 9.53. The minimum Gasteiger partial charge on any atom is -0.491 e. The Balaban J connectivity index is 2.52. The Labute approximate surface area is 85.1 Å². The first-order valence-electron chi connectivity index (χ1n) is 5.30. The average Bonchev–Trinajstić information content (AvgIpc) is 2.59. The third-order valence-corrected chi connectivity index (χ3v) is 2.87. The molecule has 2 heteroatoms. The molecule has 0 fully saturated rings. The van der Waals surface area contributed by atoms with Gasteiger partial charge in [-0.2, -0.15) is 0 Å². The maximum absolute atomic E-state index is 5.99. The van der Waals surface area contributed by atoms with Crippen LogP contribution in [0, 0.1) is 0 Å². The molecule has 0 aliphatic carbocycles. The Morgan fingerprint density at radius 1 is 1.36 bits per heavy atom. The summed E-state index contributed by atoms with van der Waals surface area (Å²) < 4.78 is 5.57. The summed E-state index contributed by atoms with van der Waals surface area (Å²) in [6.07, 6.45) is 2.09. The molecule has 1 aromatic rings. The average molecular weight is 191 g/mol. The Morgan fingerprint density at radius 3 is 2.79 bits per heavy atom. The predicted octanol–water partition coefficient (Wildman–Crippen LogP) is 2.20. The molecule has 0 amide bonds. The number of ether oxygens (including phenoxy) is 1. The number of hydrogen-bond donors (Lipinski definition) is 1. The van der Waals surface area contributed by atoms with Crippen molar-refractivity contribution in [1.29, 1.82) is 0 Å². The number of nitrogens with two attached hydrogens (primary N) is 1. The van der Waals surface area contributed by atoms with E-state index in [4.69, 9.17) is 10.5 Å². The van der Waals surface area contributed by atoms with Gasteiger partial charge >= 0.3 is 0 Å². The van der Waals surface area contributed by atoms with Gasteiger partial charge in [-0.15, -0.1) is 0 Å². The Morgan fingerprint density at radius 2 is 2.14 bits per heavy atom. The van der Waals surface area contributed by atoms with Gasteiger partial charge < -0.3 is 10.5 Å². The molecule has 76 valence electrons. The lowest BCUT2D eigenvalue weighted by Gasteiger charge is -2.09. The molecule has 0 bridgehead atoms. The van der Waals surface area contributed by atoms with Gasteiger partial charge in [0, 0.05) is 5.56 Å². The van der Waals surface area contributed by atoms with Gasteiger partial charge in [0.25, 0.3) is 0 Å². The van der Waals surface area contributed by atoms with Crippen molar-refractivity contribution in [1.82, 2.24) is 0 Å². The van der Waals surface area contributed by atoms with E-state index in [1.807, 2.05) is 0 Å². The first-order valence-corrected chi connectivity index (χ1v) is 5.30. The van der Waals surface area contributed by atoms with Gasteiger partial charge in [0.1, 0.15) is 12.4 Å². The van der Waals surface area contributed by atoms with E-state index < -0.39 is 0 Å². The molecule has 1 atom stereocenters. The summed E-state index contributed by atoms with van der Waals surface area (Å²) in [6, 6.07) is 4.46. The molecular formula is C12H17NO. The van der Waals surface area contributed by atoms with Gasteiger partial charge in [0.15, 0.2) is 0 Å². The number of rotatable bonds is 2. The fourth-order valence-electron chi connectivity index (χ4n) is 2.05. The molecule has 0 unspecified atom stereocenters. The number of hydrogen-bond acceptors (Lipinski definition) is 2. The number of benzene rings is 1. The van der Waals surface area contributed by atoms with Crippen LogP contribution in [-0.2, 0) is 12.8 Å². The molecule has 1 aliphatic heterocycles. The normalized spacial score (nSPS) is 19.2. The molecule has 2 N–H and O–H groups in total. The highest BCUT2D eigenvalue weighted by atomic mass is 16.5. The zero-order chi connectivity index (χ0) is 10.1. The molecule has 0 aromatic heterocycles. The molecule has 2 rings (SSSR count).